The van der Waals surface area contributed by atoms with Gasteiger partial charge in [0.1, 0.15) is 11.4 Å². The number of nitrogens with one attached hydrogen (secondary N) is 3. The van der Waals surface area contributed by atoms with E-state index in [2.05, 4.69) is 0 Å². The Kier molecular flexibility index (Phi) is 6.75. The van der Waals surface area contributed by atoms with E-state index < -0.39 is 46.2 Å². The van der Waals surface area contributed by atoms with Gasteiger partial charge in [-0.25, -0.2) is 4.79 Å². The maximum atomic E-state index is 14.0. The maximum absolute atomic E-state index is 14.0. The van der Waals surface area contributed by atoms with Gasteiger partial charge < -0.3 is 20.1 Å². The molecule has 0 saturated heterocycles. The molecule has 2 heterocycles. The Morgan fingerprint density at radius 2 is 1.76 bits per heavy atom. The second-order valence-electron chi connectivity index (χ2n) is 7.41. The first-order valence-electron chi connectivity index (χ1n) is 10.4. The number of hydrogen-bond acceptors (Lipinski definition) is 6. The van der Waals surface area contributed by atoms with Gasteiger partial charge in [-0.05, 0) is 38.0 Å². The van der Waals surface area contributed by atoms with Gasteiger partial charge in [0, 0.05) is 13.5 Å². The molecule has 0 saturated carbocycles. The van der Waals surface area contributed by atoms with Crippen molar-refractivity contribution in [3.8, 4) is 11.5 Å². The van der Waals surface area contributed by atoms with Crippen molar-refractivity contribution in [2.24, 2.45) is 0 Å². The third-order valence-corrected chi connectivity index (χ3v) is 5.17. The summed E-state index contributed by atoms with van der Waals surface area (Å²) in [6.45, 7) is 4.97. The van der Waals surface area contributed by atoms with Crippen LogP contribution < -0.4 is 31.4 Å². The van der Waals surface area contributed by atoms with E-state index in [9.17, 15) is 32.3 Å². The molecule has 2 amide bonds. The number of anilines is 1. The van der Waals surface area contributed by atoms with Crippen LogP contribution in [0.5, 0.6) is 11.5 Å². The van der Waals surface area contributed by atoms with Crippen LogP contribution in [0.4, 0.5) is 19.0 Å². The van der Waals surface area contributed by atoms with E-state index in [0.29, 0.717) is 30.3 Å². The summed E-state index contributed by atoms with van der Waals surface area (Å²) in [5, 5.41) is 3.53. The van der Waals surface area contributed by atoms with Crippen molar-refractivity contribution in [1.29, 1.82) is 0 Å². The normalized spacial score (nSPS) is 17.2. The summed E-state index contributed by atoms with van der Waals surface area (Å²) in [6.07, 6.45) is -5.22. The van der Waals surface area contributed by atoms with Gasteiger partial charge >= 0.3 is 11.9 Å². The van der Waals surface area contributed by atoms with E-state index in [4.69, 9.17) is 9.47 Å². The van der Waals surface area contributed by atoms with Gasteiger partial charge in [0.2, 0.25) is 11.4 Å². The molecule has 184 valence electrons. The number of ether oxygens (including phenoxy) is 2. The molecule has 34 heavy (non-hydrogen) atoms. The molecule has 1 aromatic carbocycles. The Balaban J connectivity index is 2.05. The molecule has 0 aliphatic carbocycles. The van der Waals surface area contributed by atoms with Gasteiger partial charge in [-0.2, -0.15) is 13.2 Å². The van der Waals surface area contributed by atoms with Crippen molar-refractivity contribution in [3.05, 3.63) is 50.2 Å². The predicted molar refractivity (Wildman–Crippen MR) is 114 cm³/mol. The first-order chi connectivity index (χ1) is 16.0. The Morgan fingerprint density at radius 3 is 2.35 bits per heavy atom. The van der Waals surface area contributed by atoms with Crippen molar-refractivity contribution < 1.29 is 32.2 Å². The van der Waals surface area contributed by atoms with Crippen molar-refractivity contribution >= 4 is 17.6 Å². The summed E-state index contributed by atoms with van der Waals surface area (Å²) in [6, 6.07) is 5.03. The molecule has 2 aromatic rings. The average Bonchev–Trinajstić information content (AvgIpc) is 3.02. The van der Waals surface area contributed by atoms with Crippen molar-refractivity contribution in [2.75, 3.05) is 18.5 Å². The van der Waals surface area contributed by atoms with E-state index in [0.717, 1.165) is 11.5 Å². The van der Waals surface area contributed by atoms with Gasteiger partial charge in [0.15, 0.2) is 11.5 Å². The molecule has 0 radical (unpaired) electrons. The average molecular weight is 484 g/mol. The fourth-order valence-electron chi connectivity index (χ4n) is 3.79. The highest BCUT2D eigenvalue weighted by atomic mass is 19.4. The Hall–Kier alpha value is -3.77. The molecule has 1 aliphatic heterocycles. The molecule has 0 spiro atoms. The number of benzene rings is 1. The number of aromatic amines is 1. The molecule has 13 heteroatoms. The topological polar surface area (TPSA) is 132 Å². The lowest BCUT2D eigenvalue weighted by Crippen LogP contribution is -2.61. The molecular weight excluding hydrogens is 461 g/mol. The van der Waals surface area contributed by atoms with Crippen LogP contribution in [0.2, 0.25) is 0 Å². The number of nitrogens with zero attached hydrogens (tertiary/aromatic N) is 1. The second-order valence-corrected chi connectivity index (χ2v) is 7.41. The van der Waals surface area contributed by atoms with E-state index in [-0.39, 0.29) is 13.0 Å². The minimum absolute atomic E-state index is 0.139. The number of halogens is 3. The van der Waals surface area contributed by atoms with Gasteiger partial charge in [-0.1, -0.05) is 6.07 Å². The summed E-state index contributed by atoms with van der Waals surface area (Å²) in [7, 11) is 0. The Morgan fingerprint density at radius 1 is 1.12 bits per heavy atom. The summed E-state index contributed by atoms with van der Waals surface area (Å²) < 4.78 is 54.0. The lowest BCUT2D eigenvalue weighted by atomic mass is 9.92. The molecule has 1 atom stereocenters. The van der Waals surface area contributed by atoms with Crippen LogP contribution in [0, 0.1) is 0 Å². The van der Waals surface area contributed by atoms with E-state index >= 15 is 0 Å². The zero-order chi connectivity index (χ0) is 25.3. The number of fused-ring (bicyclic) bond motifs is 1. The quantitative estimate of drug-likeness (QED) is 0.520. The SMILES string of the molecule is CCOc1ccc(CCn2c3c(c(=O)[nH]c2=O)C(NC(C)=O)(C(F)(F)F)C(=O)N3)cc1OCC. The maximum Gasteiger partial charge on any atom is 0.425 e. The molecule has 10 nitrogen and oxygen atoms in total. The smallest absolute Gasteiger partial charge is 0.425 e. The van der Waals surface area contributed by atoms with Crippen LogP contribution >= 0.6 is 0 Å². The van der Waals surface area contributed by atoms with Crippen molar-refractivity contribution in [3.63, 3.8) is 0 Å². The first-order valence-corrected chi connectivity index (χ1v) is 10.4. The zero-order valence-electron chi connectivity index (χ0n) is 18.6. The summed E-state index contributed by atoms with van der Waals surface area (Å²) in [5.74, 6) is -2.53. The minimum Gasteiger partial charge on any atom is -0.490 e. The molecule has 3 N–H and O–H groups in total. The van der Waals surface area contributed by atoms with Crippen LogP contribution in [0.15, 0.2) is 27.8 Å². The molecule has 3 rings (SSSR count). The number of aryl methyl sites for hydroxylation is 1. The number of hydrogen-bond donors (Lipinski definition) is 3. The summed E-state index contributed by atoms with van der Waals surface area (Å²) >= 11 is 0. The number of aromatic nitrogens is 2. The highest BCUT2D eigenvalue weighted by Gasteiger charge is 2.68. The van der Waals surface area contributed by atoms with E-state index in [1.807, 2.05) is 17.2 Å². The van der Waals surface area contributed by atoms with E-state index in [1.165, 1.54) is 0 Å². The van der Waals surface area contributed by atoms with E-state index in [1.54, 1.807) is 30.4 Å². The minimum atomic E-state index is -5.36. The summed E-state index contributed by atoms with van der Waals surface area (Å²) in [5.41, 5.74) is -6.51. The highest BCUT2D eigenvalue weighted by Crippen LogP contribution is 2.44. The largest absolute Gasteiger partial charge is 0.490 e. The molecular formula is C21H23F3N4O6. The predicted octanol–water partition coefficient (Wildman–Crippen LogP) is 1.42. The lowest BCUT2D eigenvalue weighted by molar-refractivity contribution is -0.200. The molecule has 1 aromatic heterocycles. The molecule has 0 fully saturated rings. The monoisotopic (exact) mass is 484 g/mol. The fourth-order valence-corrected chi connectivity index (χ4v) is 3.79. The van der Waals surface area contributed by atoms with Gasteiger partial charge in [-0.3, -0.25) is 23.9 Å². The molecule has 1 unspecified atom stereocenters. The number of rotatable bonds is 8. The van der Waals surface area contributed by atoms with Crippen molar-refractivity contribution in [2.45, 2.75) is 45.5 Å². The number of amides is 2. The number of carbonyl (C=O) groups is 2. The van der Waals surface area contributed by atoms with Gasteiger partial charge in [0.05, 0.1) is 13.2 Å². The van der Waals surface area contributed by atoms with Crippen LogP contribution in [-0.2, 0) is 28.1 Å². The third kappa shape index (κ3) is 4.24. The van der Waals surface area contributed by atoms with Crippen LogP contribution in [0.3, 0.4) is 0 Å². The standard InChI is InChI=1S/C21H23F3N4O6/c1-4-33-13-7-6-12(10-14(13)34-5-2)8-9-28-16-15(17(30)26-19(28)32)20(18(31)25-16,21(22,23)24)27-11(3)29/h6-7,10H,4-5,8-9H2,1-3H3,(H,25,31)(H,27,29)(H,26,30,32). The van der Waals surface area contributed by atoms with Crippen LogP contribution in [0.1, 0.15) is 31.9 Å². The van der Waals surface area contributed by atoms with Crippen LogP contribution in [0.25, 0.3) is 0 Å². The van der Waals surface area contributed by atoms with Gasteiger partial charge in [-0.15, -0.1) is 0 Å². The summed E-state index contributed by atoms with van der Waals surface area (Å²) in [4.78, 5) is 50.7. The zero-order valence-corrected chi connectivity index (χ0v) is 18.6. The molecule has 1 aliphatic rings. The van der Waals surface area contributed by atoms with Crippen molar-refractivity contribution in [1.82, 2.24) is 14.9 Å². The highest BCUT2D eigenvalue weighted by molar-refractivity contribution is 6.07. The molecule has 0 bridgehead atoms. The number of carbonyl (C=O) groups excluding carboxylic acids is 2. The van der Waals surface area contributed by atoms with Crippen LogP contribution in [-0.4, -0.2) is 40.8 Å². The third-order valence-electron chi connectivity index (χ3n) is 5.17. The Labute approximate surface area is 191 Å². The number of alkyl halides is 3. The second kappa shape index (κ2) is 9.23. The van der Waals surface area contributed by atoms with Gasteiger partial charge in [0.25, 0.3) is 11.5 Å². The Bertz CT molecular complexity index is 1240. The lowest BCUT2D eigenvalue weighted by Gasteiger charge is -2.29. The first kappa shape index (κ1) is 24.9. The number of H-pyrrole nitrogens is 1. The fraction of sp³-hybridized carbons (Fsp3) is 0.429.